The normalized spacial score (nSPS) is 25.8. The number of hydrogen-bond acceptors (Lipinski definition) is 3. The number of Topliss-reactive ketones (excluding diaryl/α,β-unsaturated/α-hetero) is 1. The van der Waals surface area contributed by atoms with Crippen LogP contribution in [0.4, 0.5) is 0 Å². The molecule has 100 valence electrons. The highest BCUT2D eigenvalue weighted by atomic mass is 16.7. The SMILES string of the molecule is C=CC(C)ON1C(C)CC(=O)CC1(C)C.CC. The molecule has 1 heterocycles. The molecule has 0 aromatic heterocycles. The second-order valence-corrected chi connectivity index (χ2v) is 4.95. The maximum Gasteiger partial charge on any atom is 0.136 e. The van der Waals surface area contributed by atoms with Crippen LogP contribution in [0.1, 0.15) is 54.4 Å². The average molecular weight is 241 g/mol. The number of hydrogen-bond donors (Lipinski definition) is 0. The summed E-state index contributed by atoms with van der Waals surface area (Å²) in [5.41, 5.74) is -0.216. The maximum absolute atomic E-state index is 11.5. The first-order valence-electron chi connectivity index (χ1n) is 6.47. The fourth-order valence-corrected chi connectivity index (χ4v) is 2.11. The second kappa shape index (κ2) is 6.92. The van der Waals surface area contributed by atoms with Crippen molar-refractivity contribution in [2.75, 3.05) is 0 Å². The van der Waals surface area contributed by atoms with Crippen LogP contribution in [0.5, 0.6) is 0 Å². The van der Waals surface area contributed by atoms with Gasteiger partial charge in [-0.3, -0.25) is 9.63 Å². The fraction of sp³-hybridized carbons (Fsp3) is 0.786. The number of nitrogens with zero attached hydrogens (tertiary/aromatic N) is 1. The Morgan fingerprint density at radius 2 is 2.06 bits per heavy atom. The lowest BCUT2D eigenvalue weighted by atomic mass is 9.88. The van der Waals surface area contributed by atoms with Crippen molar-refractivity contribution in [1.82, 2.24) is 5.06 Å². The number of rotatable bonds is 3. The van der Waals surface area contributed by atoms with E-state index in [-0.39, 0.29) is 17.7 Å². The monoisotopic (exact) mass is 241 g/mol. The molecule has 3 heteroatoms. The molecule has 2 atom stereocenters. The van der Waals surface area contributed by atoms with Crippen LogP contribution >= 0.6 is 0 Å². The van der Waals surface area contributed by atoms with Crippen LogP contribution in [0, 0.1) is 0 Å². The minimum atomic E-state index is -0.216. The number of hydroxylamine groups is 2. The van der Waals surface area contributed by atoms with Crippen LogP contribution in [0.3, 0.4) is 0 Å². The third-order valence-corrected chi connectivity index (χ3v) is 2.76. The molecular weight excluding hydrogens is 214 g/mol. The summed E-state index contributed by atoms with van der Waals surface area (Å²) in [5.74, 6) is 0.318. The number of carbonyl (C=O) groups excluding carboxylic acids is 1. The van der Waals surface area contributed by atoms with Crippen molar-refractivity contribution in [2.24, 2.45) is 0 Å². The van der Waals surface area contributed by atoms with Crippen molar-refractivity contribution in [3.63, 3.8) is 0 Å². The number of carbonyl (C=O) groups is 1. The zero-order valence-electron chi connectivity index (χ0n) is 12.1. The summed E-state index contributed by atoms with van der Waals surface area (Å²) in [7, 11) is 0. The Balaban J connectivity index is 0.00000121. The Labute approximate surface area is 106 Å². The van der Waals surface area contributed by atoms with Crippen molar-refractivity contribution in [3.05, 3.63) is 12.7 Å². The third kappa shape index (κ3) is 4.60. The first-order chi connectivity index (χ1) is 7.86. The van der Waals surface area contributed by atoms with Gasteiger partial charge in [0.05, 0.1) is 6.10 Å². The molecular formula is C14H27NO2. The maximum atomic E-state index is 11.5. The molecule has 1 rings (SSSR count). The molecule has 1 saturated heterocycles. The molecule has 1 aliphatic heterocycles. The molecule has 0 aliphatic carbocycles. The van der Waals surface area contributed by atoms with Gasteiger partial charge in [-0.2, -0.15) is 5.06 Å². The zero-order valence-corrected chi connectivity index (χ0v) is 12.1. The van der Waals surface area contributed by atoms with Gasteiger partial charge >= 0.3 is 0 Å². The molecule has 0 spiro atoms. The first kappa shape index (κ1) is 16.3. The van der Waals surface area contributed by atoms with Gasteiger partial charge in [0.15, 0.2) is 0 Å². The lowest BCUT2D eigenvalue weighted by molar-refractivity contribution is -0.260. The molecule has 1 aliphatic rings. The van der Waals surface area contributed by atoms with Gasteiger partial charge in [0.1, 0.15) is 5.78 Å². The number of ketones is 1. The van der Waals surface area contributed by atoms with Gasteiger partial charge in [0, 0.05) is 24.4 Å². The number of piperidine rings is 1. The van der Waals surface area contributed by atoms with Crippen molar-refractivity contribution >= 4 is 5.78 Å². The fourth-order valence-electron chi connectivity index (χ4n) is 2.11. The van der Waals surface area contributed by atoms with Crippen LogP contribution in [0.25, 0.3) is 0 Å². The van der Waals surface area contributed by atoms with Gasteiger partial charge in [-0.15, -0.1) is 6.58 Å². The molecule has 2 unspecified atom stereocenters. The highest BCUT2D eigenvalue weighted by Crippen LogP contribution is 2.30. The highest BCUT2D eigenvalue weighted by Gasteiger charge is 2.39. The Morgan fingerprint density at radius 1 is 1.53 bits per heavy atom. The van der Waals surface area contributed by atoms with E-state index in [4.69, 9.17) is 4.84 Å². The summed E-state index contributed by atoms with van der Waals surface area (Å²) in [5, 5.41) is 1.95. The van der Waals surface area contributed by atoms with Crippen molar-refractivity contribution in [1.29, 1.82) is 0 Å². The van der Waals surface area contributed by atoms with Crippen molar-refractivity contribution in [2.45, 2.75) is 72.1 Å². The van der Waals surface area contributed by atoms with Crippen molar-refractivity contribution < 1.29 is 9.63 Å². The quantitative estimate of drug-likeness (QED) is 0.710. The first-order valence-corrected chi connectivity index (χ1v) is 6.47. The zero-order chi connectivity index (χ0) is 13.6. The van der Waals surface area contributed by atoms with E-state index in [1.54, 1.807) is 6.08 Å². The van der Waals surface area contributed by atoms with E-state index in [1.807, 2.05) is 46.6 Å². The van der Waals surface area contributed by atoms with Crippen LogP contribution in [-0.2, 0) is 9.63 Å². The molecule has 0 amide bonds. The summed E-state index contributed by atoms with van der Waals surface area (Å²) >= 11 is 0. The summed E-state index contributed by atoms with van der Waals surface area (Å²) in [6.07, 6.45) is 2.88. The van der Waals surface area contributed by atoms with Gasteiger partial charge in [-0.05, 0) is 27.7 Å². The molecule has 0 bridgehead atoms. The molecule has 1 fully saturated rings. The Kier molecular flexibility index (Phi) is 6.65. The highest BCUT2D eigenvalue weighted by molar-refractivity contribution is 5.81. The van der Waals surface area contributed by atoms with Crippen LogP contribution in [0.15, 0.2) is 12.7 Å². The lowest BCUT2D eigenvalue weighted by Crippen LogP contribution is -2.55. The van der Waals surface area contributed by atoms with E-state index >= 15 is 0 Å². The predicted octanol–water partition coefficient (Wildman–Crippen LogP) is 3.35. The van der Waals surface area contributed by atoms with E-state index < -0.39 is 0 Å². The predicted molar refractivity (Wildman–Crippen MR) is 71.7 cm³/mol. The molecule has 0 aromatic rings. The molecule has 0 aromatic carbocycles. The summed E-state index contributed by atoms with van der Waals surface area (Å²) < 4.78 is 0. The van der Waals surface area contributed by atoms with Gasteiger partial charge in [0.2, 0.25) is 0 Å². The Hall–Kier alpha value is -0.670. The van der Waals surface area contributed by atoms with Gasteiger partial charge in [-0.1, -0.05) is 19.9 Å². The standard InChI is InChI=1S/C12H21NO2.C2H6/c1-6-10(3)15-13-9(2)7-11(14)8-12(13,4)5;1-2/h6,9-10H,1,7-8H2,2-5H3;1-2H3. The van der Waals surface area contributed by atoms with Gasteiger partial charge in [0.25, 0.3) is 0 Å². The van der Waals surface area contributed by atoms with Crippen LogP contribution < -0.4 is 0 Å². The lowest BCUT2D eigenvalue weighted by Gasteiger charge is -2.45. The van der Waals surface area contributed by atoms with E-state index in [2.05, 4.69) is 6.58 Å². The molecule has 0 N–H and O–H groups in total. The van der Waals surface area contributed by atoms with E-state index in [0.717, 1.165) is 0 Å². The largest absolute Gasteiger partial charge is 0.300 e. The van der Waals surface area contributed by atoms with E-state index in [9.17, 15) is 4.79 Å². The van der Waals surface area contributed by atoms with Gasteiger partial charge in [-0.25, -0.2) is 0 Å². The smallest absolute Gasteiger partial charge is 0.136 e. The minimum absolute atomic E-state index is 0.0140. The molecule has 3 nitrogen and oxygen atoms in total. The Bertz CT molecular complexity index is 261. The minimum Gasteiger partial charge on any atom is -0.300 e. The molecule has 0 radical (unpaired) electrons. The summed E-state index contributed by atoms with van der Waals surface area (Å²) in [6.45, 7) is 15.7. The molecule has 0 saturated carbocycles. The third-order valence-electron chi connectivity index (χ3n) is 2.76. The Morgan fingerprint density at radius 3 is 2.47 bits per heavy atom. The van der Waals surface area contributed by atoms with Crippen LogP contribution in [0.2, 0.25) is 0 Å². The molecule has 17 heavy (non-hydrogen) atoms. The van der Waals surface area contributed by atoms with Gasteiger partial charge < -0.3 is 0 Å². The topological polar surface area (TPSA) is 29.5 Å². The average Bonchev–Trinajstić information content (AvgIpc) is 2.25. The van der Waals surface area contributed by atoms with E-state index in [1.165, 1.54) is 0 Å². The van der Waals surface area contributed by atoms with Crippen LogP contribution in [-0.4, -0.2) is 28.5 Å². The summed E-state index contributed by atoms with van der Waals surface area (Å²) in [4.78, 5) is 17.3. The van der Waals surface area contributed by atoms with E-state index in [0.29, 0.717) is 18.6 Å². The summed E-state index contributed by atoms with van der Waals surface area (Å²) in [6, 6.07) is 0.142. The van der Waals surface area contributed by atoms with Crippen molar-refractivity contribution in [3.8, 4) is 0 Å². The second-order valence-electron chi connectivity index (χ2n) is 4.95.